The summed E-state index contributed by atoms with van der Waals surface area (Å²) >= 11 is 0. The number of nitrogens with two attached hydrogens (primary N) is 1. The van der Waals surface area contributed by atoms with Gasteiger partial charge in [-0.2, -0.15) is 0 Å². The lowest BCUT2D eigenvalue weighted by molar-refractivity contribution is 0.166. The highest BCUT2D eigenvalue weighted by Crippen LogP contribution is 2.29. The number of hydrogen-bond donors (Lipinski definition) is 2. The average molecular weight is 232 g/mol. The van der Waals surface area contributed by atoms with Crippen molar-refractivity contribution in [3.05, 3.63) is 29.6 Å². The monoisotopic (exact) mass is 232 g/mol. The minimum atomic E-state index is 0.0348. The molecule has 1 aromatic rings. The van der Waals surface area contributed by atoms with Gasteiger partial charge in [0, 0.05) is 18.3 Å². The molecular weight excluding hydrogens is 212 g/mol. The molecule has 0 aliphatic carbocycles. The van der Waals surface area contributed by atoms with E-state index in [2.05, 4.69) is 23.7 Å². The van der Waals surface area contributed by atoms with E-state index in [-0.39, 0.29) is 11.4 Å². The quantitative estimate of drug-likeness (QED) is 0.616. The van der Waals surface area contributed by atoms with Gasteiger partial charge in [-0.3, -0.25) is 15.3 Å². The summed E-state index contributed by atoms with van der Waals surface area (Å²) in [6, 6.07) is 3.91. The van der Waals surface area contributed by atoms with Crippen LogP contribution >= 0.6 is 0 Å². The molecule has 1 saturated heterocycles. The second-order valence-corrected chi connectivity index (χ2v) is 5.30. The predicted molar refractivity (Wildman–Crippen MR) is 69.0 cm³/mol. The van der Waals surface area contributed by atoms with Gasteiger partial charge in [0.2, 0.25) is 0 Å². The molecule has 3 N–H and O–H groups in total. The highest BCUT2D eigenvalue weighted by atomic mass is 15.2. The standard InChI is InChI=1S/C13H20N4/c1-13(2)5-3-7-17(13)9-10-4-6-16-11(8-10)12(14)15/h4,6,8H,3,5,7,9H2,1-2H3,(H3,14,15). The summed E-state index contributed by atoms with van der Waals surface area (Å²) in [5.41, 5.74) is 7.48. The lowest BCUT2D eigenvalue weighted by Crippen LogP contribution is -2.37. The molecule has 0 radical (unpaired) electrons. The van der Waals surface area contributed by atoms with E-state index in [1.807, 2.05) is 12.1 Å². The van der Waals surface area contributed by atoms with E-state index in [0.29, 0.717) is 5.69 Å². The maximum Gasteiger partial charge on any atom is 0.141 e. The fourth-order valence-electron chi connectivity index (χ4n) is 2.40. The zero-order valence-corrected chi connectivity index (χ0v) is 10.5. The smallest absolute Gasteiger partial charge is 0.141 e. The van der Waals surface area contributed by atoms with Crippen LogP contribution in [-0.4, -0.2) is 27.8 Å². The first-order valence-corrected chi connectivity index (χ1v) is 6.03. The van der Waals surface area contributed by atoms with Gasteiger partial charge < -0.3 is 5.73 Å². The molecule has 4 nitrogen and oxygen atoms in total. The van der Waals surface area contributed by atoms with Gasteiger partial charge in [-0.1, -0.05) is 0 Å². The first-order valence-electron chi connectivity index (χ1n) is 6.03. The van der Waals surface area contributed by atoms with Crippen LogP contribution in [0.3, 0.4) is 0 Å². The van der Waals surface area contributed by atoms with Crippen molar-refractivity contribution in [2.24, 2.45) is 5.73 Å². The minimum Gasteiger partial charge on any atom is -0.382 e. The number of nitrogen functional groups attached to an aromatic ring is 1. The number of rotatable bonds is 3. The Bertz CT molecular complexity index is 425. The van der Waals surface area contributed by atoms with Gasteiger partial charge in [0.15, 0.2) is 0 Å². The summed E-state index contributed by atoms with van der Waals surface area (Å²) < 4.78 is 0. The van der Waals surface area contributed by atoms with E-state index in [9.17, 15) is 0 Å². The van der Waals surface area contributed by atoms with Gasteiger partial charge in [-0.25, -0.2) is 0 Å². The lowest BCUT2D eigenvalue weighted by atomic mass is 10.0. The highest BCUT2D eigenvalue weighted by Gasteiger charge is 2.31. The molecule has 1 aliphatic rings. The maximum atomic E-state index is 7.40. The number of likely N-dealkylation sites (tertiary alicyclic amines) is 1. The van der Waals surface area contributed by atoms with Gasteiger partial charge >= 0.3 is 0 Å². The van der Waals surface area contributed by atoms with Crippen LogP contribution in [0, 0.1) is 5.41 Å². The van der Waals surface area contributed by atoms with E-state index in [1.165, 1.54) is 18.4 Å². The molecule has 1 aliphatic heterocycles. The third-order valence-corrected chi connectivity index (χ3v) is 3.55. The second kappa shape index (κ2) is 4.45. The molecule has 0 atom stereocenters. The summed E-state index contributed by atoms with van der Waals surface area (Å²) in [6.45, 7) is 6.63. The van der Waals surface area contributed by atoms with Crippen molar-refractivity contribution < 1.29 is 0 Å². The largest absolute Gasteiger partial charge is 0.382 e. The Hall–Kier alpha value is -1.42. The number of nitrogens with zero attached hydrogens (tertiary/aromatic N) is 2. The van der Waals surface area contributed by atoms with Crippen LogP contribution in [0.25, 0.3) is 0 Å². The Morgan fingerprint density at radius 1 is 1.59 bits per heavy atom. The Balaban J connectivity index is 2.13. The number of amidine groups is 1. The van der Waals surface area contributed by atoms with E-state index >= 15 is 0 Å². The summed E-state index contributed by atoms with van der Waals surface area (Å²) in [6.07, 6.45) is 4.24. The maximum absolute atomic E-state index is 7.40. The first kappa shape index (κ1) is 12.0. The molecular formula is C13H20N4. The molecule has 1 fully saturated rings. The van der Waals surface area contributed by atoms with E-state index in [1.54, 1.807) is 6.20 Å². The average Bonchev–Trinajstić information content (AvgIpc) is 2.59. The lowest BCUT2D eigenvalue weighted by Gasteiger charge is -2.31. The van der Waals surface area contributed by atoms with E-state index in [0.717, 1.165) is 13.1 Å². The van der Waals surface area contributed by atoms with Crippen molar-refractivity contribution in [2.75, 3.05) is 6.54 Å². The topological polar surface area (TPSA) is 66.0 Å². The molecule has 0 amide bonds. The van der Waals surface area contributed by atoms with Gasteiger partial charge in [0.1, 0.15) is 11.5 Å². The molecule has 0 unspecified atom stereocenters. The van der Waals surface area contributed by atoms with E-state index < -0.39 is 0 Å². The Labute approximate surface area is 102 Å². The number of hydrogen-bond acceptors (Lipinski definition) is 3. The summed E-state index contributed by atoms with van der Waals surface area (Å²) in [7, 11) is 0. The number of pyridine rings is 1. The van der Waals surface area contributed by atoms with Crippen LogP contribution < -0.4 is 5.73 Å². The molecule has 1 aromatic heterocycles. The van der Waals surface area contributed by atoms with Crippen molar-refractivity contribution in [1.29, 1.82) is 5.41 Å². The van der Waals surface area contributed by atoms with Crippen LogP contribution in [0.5, 0.6) is 0 Å². The number of nitrogens with one attached hydrogen (secondary N) is 1. The normalized spacial score (nSPS) is 19.4. The van der Waals surface area contributed by atoms with Crippen molar-refractivity contribution in [1.82, 2.24) is 9.88 Å². The minimum absolute atomic E-state index is 0.0348. The van der Waals surface area contributed by atoms with Crippen molar-refractivity contribution in [3.8, 4) is 0 Å². The molecule has 0 saturated carbocycles. The van der Waals surface area contributed by atoms with Crippen molar-refractivity contribution >= 4 is 5.84 Å². The second-order valence-electron chi connectivity index (χ2n) is 5.30. The van der Waals surface area contributed by atoms with Crippen molar-refractivity contribution in [2.45, 2.75) is 38.8 Å². The summed E-state index contributed by atoms with van der Waals surface area (Å²) in [5, 5.41) is 7.40. The molecule has 2 rings (SSSR count). The van der Waals surface area contributed by atoms with Crippen LogP contribution in [-0.2, 0) is 6.54 Å². The van der Waals surface area contributed by atoms with Crippen LogP contribution in [0.4, 0.5) is 0 Å². The predicted octanol–water partition coefficient (Wildman–Crippen LogP) is 1.74. The number of aromatic nitrogens is 1. The third kappa shape index (κ3) is 2.64. The zero-order chi connectivity index (χ0) is 12.5. The first-order chi connectivity index (χ1) is 7.99. The van der Waals surface area contributed by atoms with Crippen molar-refractivity contribution in [3.63, 3.8) is 0 Å². The Morgan fingerprint density at radius 3 is 2.94 bits per heavy atom. The van der Waals surface area contributed by atoms with Crippen LogP contribution in [0.15, 0.2) is 18.3 Å². The molecule has 0 aromatic carbocycles. The molecule has 4 heteroatoms. The molecule has 92 valence electrons. The van der Waals surface area contributed by atoms with Gasteiger partial charge in [0.05, 0.1) is 0 Å². The van der Waals surface area contributed by atoms with E-state index in [4.69, 9.17) is 11.1 Å². The molecule has 17 heavy (non-hydrogen) atoms. The molecule has 2 heterocycles. The summed E-state index contributed by atoms with van der Waals surface area (Å²) in [4.78, 5) is 6.56. The van der Waals surface area contributed by atoms with Gasteiger partial charge in [-0.15, -0.1) is 0 Å². The third-order valence-electron chi connectivity index (χ3n) is 3.55. The fourth-order valence-corrected chi connectivity index (χ4v) is 2.40. The van der Waals surface area contributed by atoms with Gasteiger partial charge in [-0.05, 0) is 50.9 Å². The zero-order valence-electron chi connectivity index (χ0n) is 10.5. The molecule has 0 bridgehead atoms. The Kier molecular flexibility index (Phi) is 3.15. The van der Waals surface area contributed by atoms with Crippen LogP contribution in [0.1, 0.15) is 37.9 Å². The summed E-state index contributed by atoms with van der Waals surface area (Å²) in [5.74, 6) is 0.0348. The molecule has 0 spiro atoms. The fraction of sp³-hybridized carbons (Fsp3) is 0.538. The Morgan fingerprint density at radius 2 is 2.35 bits per heavy atom. The SMILES string of the molecule is CC1(C)CCCN1Cc1ccnc(C(=N)N)c1. The highest BCUT2D eigenvalue weighted by molar-refractivity contribution is 5.93. The van der Waals surface area contributed by atoms with Crippen LogP contribution in [0.2, 0.25) is 0 Å². The van der Waals surface area contributed by atoms with Gasteiger partial charge in [0.25, 0.3) is 0 Å².